The molecular weight excluding hydrogens is 222 g/mol. The van der Waals surface area contributed by atoms with Crippen LogP contribution in [-0.2, 0) is 17.7 Å². The number of hydrogen-bond acceptors (Lipinski definition) is 4. The predicted molar refractivity (Wildman–Crippen MR) is 62.0 cm³/mol. The molecule has 1 aromatic heterocycles. The Morgan fingerprint density at radius 3 is 2.82 bits per heavy atom. The summed E-state index contributed by atoms with van der Waals surface area (Å²) in [7, 11) is 1.65. The van der Waals surface area contributed by atoms with Crippen LogP contribution in [0, 0.1) is 5.92 Å². The van der Waals surface area contributed by atoms with Crippen LogP contribution in [0.4, 0.5) is 0 Å². The van der Waals surface area contributed by atoms with Crippen LogP contribution in [0.15, 0.2) is 0 Å². The molecule has 0 aliphatic carbocycles. The van der Waals surface area contributed by atoms with E-state index >= 15 is 0 Å². The quantitative estimate of drug-likeness (QED) is 0.776. The van der Waals surface area contributed by atoms with Gasteiger partial charge in [0.2, 0.25) is 0 Å². The molecule has 6 heteroatoms. The summed E-state index contributed by atoms with van der Waals surface area (Å²) in [5.41, 5.74) is 0.763. The molecule has 0 amide bonds. The summed E-state index contributed by atoms with van der Waals surface area (Å²) in [6.45, 7) is 5.28. The lowest BCUT2D eigenvalue weighted by Crippen LogP contribution is -2.16. The summed E-state index contributed by atoms with van der Waals surface area (Å²) < 4.78 is 6.73. The van der Waals surface area contributed by atoms with E-state index in [0.717, 1.165) is 6.42 Å². The zero-order valence-electron chi connectivity index (χ0n) is 10.5. The molecule has 1 rings (SSSR count). The summed E-state index contributed by atoms with van der Waals surface area (Å²) in [5.74, 6) is -0.738. The SMILES string of the molecule is CCCc1c(C(=O)O)nnn1CC(C)COC. The van der Waals surface area contributed by atoms with E-state index in [4.69, 9.17) is 9.84 Å². The van der Waals surface area contributed by atoms with Crippen LogP contribution in [0.5, 0.6) is 0 Å². The molecule has 0 saturated heterocycles. The first-order valence-corrected chi connectivity index (χ1v) is 5.74. The van der Waals surface area contributed by atoms with Gasteiger partial charge < -0.3 is 9.84 Å². The number of methoxy groups -OCH3 is 1. The highest BCUT2D eigenvalue weighted by atomic mass is 16.5. The van der Waals surface area contributed by atoms with E-state index in [1.807, 2.05) is 13.8 Å². The first kappa shape index (κ1) is 13.6. The van der Waals surface area contributed by atoms with Gasteiger partial charge >= 0.3 is 5.97 Å². The van der Waals surface area contributed by atoms with E-state index in [2.05, 4.69) is 10.3 Å². The van der Waals surface area contributed by atoms with E-state index in [1.165, 1.54) is 0 Å². The molecule has 96 valence electrons. The van der Waals surface area contributed by atoms with Crippen molar-refractivity contribution in [1.29, 1.82) is 0 Å². The Morgan fingerprint density at radius 1 is 1.59 bits per heavy atom. The summed E-state index contributed by atoms with van der Waals surface area (Å²) in [4.78, 5) is 11.0. The fourth-order valence-corrected chi connectivity index (χ4v) is 1.76. The highest BCUT2D eigenvalue weighted by Gasteiger charge is 2.19. The minimum absolute atomic E-state index is 0.0662. The standard InChI is InChI=1S/C11H19N3O3/c1-4-5-9-10(11(15)16)12-13-14(9)6-8(2)7-17-3/h8H,4-7H2,1-3H3,(H,15,16). The molecule has 6 nitrogen and oxygen atoms in total. The van der Waals surface area contributed by atoms with Crippen molar-refractivity contribution in [2.24, 2.45) is 5.92 Å². The summed E-state index contributed by atoms with van der Waals surface area (Å²) in [5, 5.41) is 16.6. The molecule has 1 atom stereocenters. The highest BCUT2D eigenvalue weighted by Crippen LogP contribution is 2.11. The zero-order valence-corrected chi connectivity index (χ0v) is 10.5. The first-order chi connectivity index (χ1) is 8.10. The molecule has 17 heavy (non-hydrogen) atoms. The third-order valence-electron chi connectivity index (χ3n) is 2.46. The molecule has 1 N–H and O–H groups in total. The molecule has 1 unspecified atom stereocenters. The number of carbonyl (C=O) groups is 1. The van der Waals surface area contributed by atoms with Gasteiger partial charge in [-0.25, -0.2) is 9.48 Å². The maximum absolute atomic E-state index is 11.0. The average molecular weight is 241 g/mol. The second-order valence-electron chi connectivity index (χ2n) is 4.18. The maximum atomic E-state index is 11.0. The predicted octanol–water partition coefficient (Wildman–Crippen LogP) is 1.21. The van der Waals surface area contributed by atoms with Gasteiger partial charge in [-0.3, -0.25) is 0 Å². The van der Waals surface area contributed by atoms with Crippen molar-refractivity contribution in [3.05, 3.63) is 11.4 Å². The van der Waals surface area contributed by atoms with E-state index in [1.54, 1.807) is 11.8 Å². The van der Waals surface area contributed by atoms with Gasteiger partial charge in [-0.1, -0.05) is 25.5 Å². The Bertz CT molecular complexity index is 376. The van der Waals surface area contributed by atoms with Gasteiger partial charge in [-0.2, -0.15) is 0 Å². The van der Waals surface area contributed by atoms with Gasteiger partial charge in [0.25, 0.3) is 0 Å². The fraction of sp³-hybridized carbons (Fsp3) is 0.727. The van der Waals surface area contributed by atoms with Crippen LogP contribution in [0.1, 0.15) is 36.5 Å². The van der Waals surface area contributed by atoms with Gasteiger partial charge in [0, 0.05) is 13.7 Å². The number of carboxylic acids is 1. The molecule has 0 radical (unpaired) electrons. The topological polar surface area (TPSA) is 77.2 Å². The van der Waals surface area contributed by atoms with Crippen molar-refractivity contribution < 1.29 is 14.6 Å². The monoisotopic (exact) mass is 241 g/mol. The maximum Gasteiger partial charge on any atom is 0.358 e. The second kappa shape index (κ2) is 6.34. The van der Waals surface area contributed by atoms with Crippen molar-refractivity contribution in [3.8, 4) is 0 Å². The molecule has 0 saturated carbocycles. The van der Waals surface area contributed by atoms with E-state index in [0.29, 0.717) is 25.3 Å². The molecular formula is C11H19N3O3. The third kappa shape index (κ3) is 3.52. The molecule has 1 aromatic rings. The van der Waals surface area contributed by atoms with Crippen LogP contribution in [-0.4, -0.2) is 39.8 Å². The lowest BCUT2D eigenvalue weighted by atomic mass is 10.1. The summed E-state index contributed by atoms with van der Waals surface area (Å²) in [6, 6.07) is 0. The Morgan fingerprint density at radius 2 is 2.29 bits per heavy atom. The largest absolute Gasteiger partial charge is 0.476 e. The number of aromatic carboxylic acids is 1. The second-order valence-corrected chi connectivity index (χ2v) is 4.18. The van der Waals surface area contributed by atoms with Crippen LogP contribution >= 0.6 is 0 Å². The van der Waals surface area contributed by atoms with Crippen LogP contribution in [0.2, 0.25) is 0 Å². The van der Waals surface area contributed by atoms with Crippen LogP contribution in [0.25, 0.3) is 0 Å². The van der Waals surface area contributed by atoms with Crippen molar-refractivity contribution in [2.75, 3.05) is 13.7 Å². The Kier molecular flexibility index (Phi) is 5.09. The van der Waals surface area contributed by atoms with Gasteiger partial charge in [0.05, 0.1) is 12.3 Å². The summed E-state index contributed by atoms with van der Waals surface area (Å²) in [6.07, 6.45) is 1.54. The lowest BCUT2D eigenvalue weighted by molar-refractivity contribution is 0.0689. The van der Waals surface area contributed by atoms with E-state index < -0.39 is 5.97 Å². The molecule has 0 bridgehead atoms. The van der Waals surface area contributed by atoms with Crippen molar-refractivity contribution in [3.63, 3.8) is 0 Å². The van der Waals surface area contributed by atoms with Crippen molar-refractivity contribution in [1.82, 2.24) is 15.0 Å². The number of nitrogens with zero attached hydrogens (tertiary/aromatic N) is 3. The Labute approximate surface area is 101 Å². The van der Waals surface area contributed by atoms with Gasteiger partial charge in [0.1, 0.15) is 0 Å². The Hall–Kier alpha value is -1.43. The number of hydrogen-bond donors (Lipinski definition) is 1. The molecule has 0 aromatic carbocycles. The fourth-order valence-electron chi connectivity index (χ4n) is 1.76. The van der Waals surface area contributed by atoms with Crippen LogP contribution < -0.4 is 0 Å². The normalized spacial score (nSPS) is 12.6. The molecule has 0 aliphatic heterocycles. The van der Waals surface area contributed by atoms with Gasteiger partial charge in [0.15, 0.2) is 5.69 Å². The molecule has 1 heterocycles. The van der Waals surface area contributed by atoms with E-state index in [-0.39, 0.29) is 11.6 Å². The van der Waals surface area contributed by atoms with Gasteiger partial charge in [-0.15, -0.1) is 5.10 Å². The molecule has 0 fully saturated rings. The number of carboxylic acid groups (broad SMARTS) is 1. The lowest BCUT2D eigenvalue weighted by Gasteiger charge is -2.12. The highest BCUT2D eigenvalue weighted by molar-refractivity contribution is 5.86. The molecule has 0 spiro atoms. The smallest absolute Gasteiger partial charge is 0.358 e. The number of rotatable bonds is 7. The van der Waals surface area contributed by atoms with E-state index in [9.17, 15) is 4.79 Å². The van der Waals surface area contributed by atoms with Gasteiger partial charge in [-0.05, 0) is 12.3 Å². The first-order valence-electron chi connectivity index (χ1n) is 5.74. The average Bonchev–Trinajstić information content (AvgIpc) is 2.63. The number of aromatic nitrogens is 3. The summed E-state index contributed by atoms with van der Waals surface area (Å²) >= 11 is 0. The van der Waals surface area contributed by atoms with Crippen molar-refractivity contribution in [2.45, 2.75) is 33.2 Å². The minimum Gasteiger partial charge on any atom is -0.476 e. The van der Waals surface area contributed by atoms with Crippen LogP contribution in [0.3, 0.4) is 0 Å². The Balaban J connectivity index is 2.87. The van der Waals surface area contributed by atoms with Crippen molar-refractivity contribution >= 4 is 5.97 Å². The minimum atomic E-state index is -1.01. The zero-order chi connectivity index (χ0) is 12.8. The molecule has 0 aliphatic rings. The number of ether oxygens (including phenoxy) is 1. The third-order valence-corrected chi connectivity index (χ3v) is 2.46.